The minimum Gasteiger partial charge on any atom is -0.481 e. The number of carbonyl (C=O) groups is 2. The predicted molar refractivity (Wildman–Crippen MR) is 87.8 cm³/mol. The van der Waals surface area contributed by atoms with Crippen molar-refractivity contribution in [2.45, 2.75) is 58.8 Å². The van der Waals surface area contributed by atoms with Crippen molar-refractivity contribution in [2.24, 2.45) is 28.1 Å². The monoisotopic (exact) mass is 314 g/mol. The van der Waals surface area contributed by atoms with Crippen molar-refractivity contribution < 1.29 is 14.7 Å². The number of rotatable bonds is 1. The molecule has 124 valence electrons. The molecule has 0 aromatic carbocycles. The molecule has 5 atom stereocenters. The number of carboxylic acid groups (broad SMARTS) is 1. The second-order valence-corrected chi connectivity index (χ2v) is 8.92. The van der Waals surface area contributed by atoms with Crippen LogP contribution in [0, 0.1) is 28.1 Å². The predicted octanol–water partition coefficient (Wildman–Crippen LogP) is 4.14. The number of carboxylic acids is 1. The molecule has 3 fully saturated rings. The molecule has 0 aromatic rings. The molecule has 0 saturated heterocycles. The van der Waals surface area contributed by atoms with Gasteiger partial charge in [0.25, 0.3) is 0 Å². The minimum absolute atomic E-state index is 0.0216. The first kappa shape index (κ1) is 15.2. The third-order valence-corrected chi connectivity index (χ3v) is 7.80. The van der Waals surface area contributed by atoms with E-state index >= 15 is 0 Å². The van der Waals surface area contributed by atoms with Crippen LogP contribution in [0.1, 0.15) is 58.8 Å². The SMILES string of the molecule is C=C1CC23CCC4C(C)(C(=O)O)CCCC4(C)C2=CC(=O)C1C3. The molecule has 0 heterocycles. The number of hydrogen-bond acceptors (Lipinski definition) is 2. The number of aliphatic carboxylic acids is 1. The highest BCUT2D eigenvalue weighted by Gasteiger charge is 2.63. The average Bonchev–Trinajstić information content (AvgIpc) is 2.75. The van der Waals surface area contributed by atoms with Crippen LogP contribution in [0.5, 0.6) is 0 Å². The number of ketones is 1. The lowest BCUT2D eigenvalue weighted by molar-refractivity contribution is -0.161. The molecule has 4 aliphatic rings. The van der Waals surface area contributed by atoms with Crippen LogP contribution >= 0.6 is 0 Å². The van der Waals surface area contributed by atoms with Crippen LogP contribution in [0.15, 0.2) is 23.8 Å². The zero-order valence-corrected chi connectivity index (χ0v) is 14.2. The molecule has 2 bridgehead atoms. The Balaban J connectivity index is 1.84. The standard InChI is InChI=1S/C20H26O3/c1-12-10-20-8-5-15-18(2,6-4-7-19(15,3)17(22)23)16(20)9-14(21)13(12)11-20/h9,13,15H,1,4-8,10-11H2,2-3H3,(H,22,23). The molecule has 0 radical (unpaired) electrons. The van der Waals surface area contributed by atoms with Gasteiger partial charge in [0.2, 0.25) is 0 Å². The Morgan fingerprint density at radius 3 is 2.74 bits per heavy atom. The summed E-state index contributed by atoms with van der Waals surface area (Å²) in [4.78, 5) is 24.6. The van der Waals surface area contributed by atoms with E-state index in [2.05, 4.69) is 13.5 Å². The van der Waals surface area contributed by atoms with Gasteiger partial charge < -0.3 is 5.11 Å². The van der Waals surface area contributed by atoms with E-state index in [1.165, 1.54) is 5.57 Å². The second-order valence-electron chi connectivity index (χ2n) is 8.92. The first-order valence-electron chi connectivity index (χ1n) is 8.91. The molecule has 3 heteroatoms. The van der Waals surface area contributed by atoms with E-state index in [1.807, 2.05) is 13.0 Å². The quantitative estimate of drug-likeness (QED) is 0.740. The van der Waals surface area contributed by atoms with Crippen molar-refractivity contribution in [1.29, 1.82) is 0 Å². The summed E-state index contributed by atoms with van der Waals surface area (Å²) >= 11 is 0. The molecule has 4 rings (SSSR count). The summed E-state index contributed by atoms with van der Waals surface area (Å²) < 4.78 is 0. The van der Waals surface area contributed by atoms with Gasteiger partial charge in [0.1, 0.15) is 0 Å². The maximum Gasteiger partial charge on any atom is 0.309 e. The lowest BCUT2D eigenvalue weighted by Crippen LogP contribution is -2.54. The van der Waals surface area contributed by atoms with E-state index < -0.39 is 11.4 Å². The van der Waals surface area contributed by atoms with E-state index in [1.54, 1.807) is 0 Å². The number of hydrogen-bond donors (Lipinski definition) is 1. The van der Waals surface area contributed by atoms with E-state index in [9.17, 15) is 14.7 Å². The first-order valence-corrected chi connectivity index (χ1v) is 8.91. The summed E-state index contributed by atoms with van der Waals surface area (Å²) in [5.41, 5.74) is 1.66. The largest absolute Gasteiger partial charge is 0.481 e. The fourth-order valence-corrected chi connectivity index (χ4v) is 6.67. The van der Waals surface area contributed by atoms with Gasteiger partial charge in [0.15, 0.2) is 5.78 Å². The summed E-state index contributed by atoms with van der Waals surface area (Å²) in [5, 5.41) is 9.87. The third-order valence-electron chi connectivity index (χ3n) is 7.80. The van der Waals surface area contributed by atoms with Crippen molar-refractivity contribution in [3.05, 3.63) is 23.8 Å². The molecule has 0 aromatic heterocycles. The van der Waals surface area contributed by atoms with Crippen LogP contribution in [-0.2, 0) is 9.59 Å². The third kappa shape index (κ3) is 1.71. The van der Waals surface area contributed by atoms with Crippen LogP contribution in [-0.4, -0.2) is 16.9 Å². The molecular formula is C20H26O3. The van der Waals surface area contributed by atoms with Crippen LogP contribution in [0.25, 0.3) is 0 Å². The Hall–Kier alpha value is -1.38. The van der Waals surface area contributed by atoms with Gasteiger partial charge in [-0.05, 0) is 68.3 Å². The summed E-state index contributed by atoms with van der Waals surface area (Å²) in [6.07, 6.45) is 8.44. The maximum atomic E-state index is 12.6. The van der Waals surface area contributed by atoms with Crippen molar-refractivity contribution >= 4 is 11.8 Å². The fraction of sp³-hybridized carbons (Fsp3) is 0.700. The van der Waals surface area contributed by atoms with E-state index in [4.69, 9.17) is 0 Å². The Kier molecular flexibility index (Phi) is 2.88. The lowest BCUT2D eigenvalue weighted by atomic mass is 9.44. The summed E-state index contributed by atoms with van der Waals surface area (Å²) in [5.74, 6) is -0.298. The molecule has 0 aliphatic heterocycles. The van der Waals surface area contributed by atoms with Gasteiger partial charge in [-0.15, -0.1) is 0 Å². The van der Waals surface area contributed by atoms with Crippen molar-refractivity contribution in [3.8, 4) is 0 Å². The van der Waals surface area contributed by atoms with Crippen molar-refractivity contribution in [3.63, 3.8) is 0 Å². The minimum atomic E-state index is -0.666. The van der Waals surface area contributed by atoms with Gasteiger partial charge in [-0.25, -0.2) is 0 Å². The summed E-state index contributed by atoms with van der Waals surface area (Å²) in [6, 6.07) is 0. The summed E-state index contributed by atoms with van der Waals surface area (Å²) in [6.45, 7) is 8.33. The molecular weight excluding hydrogens is 288 g/mol. The van der Waals surface area contributed by atoms with Gasteiger partial charge in [-0.3, -0.25) is 9.59 Å². The highest BCUT2D eigenvalue weighted by molar-refractivity contribution is 5.97. The van der Waals surface area contributed by atoms with Gasteiger partial charge in [0, 0.05) is 5.92 Å². The fourth-order valence-electron chi connectivity index (χ4n) is 6.67. The molecule has 1 spiro atoms. The Bertz CT molecular complexity index is 660. The van der Waals surface area contributed by atoms with Crippen molar-refractivity contribution in [2.75, 3.05) is 0 Å². The molecule has 4 aliphatic carbocycles. The number of allylic oxidation sites excluding steroid dienone is 3. The second kappa shape index (κ2) is 4.37. The van der Waals surface area contributed by atoms with Crippen LogP contribution < -0.4 is 0 Å². The number of carbonyl (C=O) groups excluding carboxylic acids is 1. The Morgan fingerprint density at radius 2 is 2.04 bits per heavy atom. The molecule has 5 unspecified atom stereocenters. The van der Waals surface area contributed by atoms with Gasteiger partial charge in [-0.2, -0.15) is 0 Å². The number of fused-ring (bicyclic) bond motifs is 3. The van der Waals surface area contributed by atoms with Gasteiger partial charge >= 0.3 is 5.97 Å². The van der Waals surface area contributed by atoms with Gasteiger partial charge in [0.05, 0.1) is 5.41 Å². The first-order chi connectivity index (χ1) is 10.7. The molecule has 1 N–H and O–H groups in total. The zero-order chi connectivity index (χ0) is 16.6. The Labute approximate surface area is 137 Å². The zero-order valence-electron chi connectivity index (χ0n) is 14.2. The highest BCUT2D eigenvalue weighted by atomic mass is 16.4. The maximum absolute atomic E-state index is 12.6. The summed E-state index contributed by atoms with van der Waals surface area (Å²) in [7, 11) is 0. The Morgan fingerprint density at radius 1 is 1.30 bits per heavy atom. The highest BCUT2D eigenvalue weighted by Crippen LogP contribution is 2.70. The molecule has 3 saturated carbocycles. The van der Waals surface area contributed by atoms with E-state index in [-0.39, 0.29) is 28.4 Å². The van der Waals surface area contributed by atoms with Crippen LogP contribution in [0.3, 0.4) is 0 Å². The van der Waals surface area contributed by atoms with Crippen LogP contribution in [0.4, 0.5) is 0 Å². The van der Waals surface area contributed by atoms with Crippen LogP contribution in [0.2, 0.25) is 0 Å². The lowest BCUT2D eigenvalue weighted by Gasteiger charge is -2.59. The molecule has 0 amide bonds. The topological polar surface area (TPSA) is 54.4 Å². The van der Waals surface area contributed by atoms with Gasteiger partial charge in [-0.1, -0.05) is 31.1 Å². The van der Waals surface area contributed by atoms with Crippen molar-refractivity contribution in [1.82, 2.24) is 0 Å². The molecule has 23 heavy (non-hydrogen) atoms. The van der Waals surface area contributed by atoms with E-state index in [0.717, 1.165) is 50.5 Å². The average molecular weight is 314 g/mol. The van der Waals surface area contributed by atoms with E-state index in [0.29, 0.717) is 0 Å². The molecule has 3 nitrogen and oxygen atoms in total. The normalized spacial score (nSPS) is 48.5. The smallest absolute Gasteiger partial charge is 0.309 e.